The number of rotatable bonds is 15. The van der Waals surface area contributed by atoms with Crippen molar-refractivity contribution in [3.63, 3.8) is 0 Å². The zero-order valence-electron chi connectivity index (χ0n) is 17.0. The molecule has 0 saturated carbocycles. The van der Waals surface area contributed by atoms with E-state index in [1.165, 1.54) is 28.6 Å². The van der Waals surface area contributed by atoms with E-state index in [1.54, 1.807) is 0 Å². The van der Waals surface area contributed by atoms with Gasteiger partial charge in [0.05, 0.1) is 23.7 Å². The second kappa shape index (κ2) is 13.1. The van der Waals surface area contributed by atoms with Crippen LogP contribution in [0.2, 0.25) is 0 Å². The van der Waals surface area contributed by atoms with E-state index in [9.17, 15) is 23.3 Å². The molecule has 1 rings (SSSR count). The number of unbranched alkanes of at least 4 members (excludes halogenated alkanes) is 3. The average molecular weight is 431 g/mol. The van der Waals surface area contributed by atoms with Crippen molar-refractivity contribution in [2.24, 2.45) is 0 Å². The molecule has 0 aliphatic rings. The monoisotopic (exact) mass is 430 g/mol. The second-order valence-electron chi connectivity index (χ2n) is 6.54. The van der Waals surface area contributed by atoms with Gasteiger partial charge in [-0.05, 0) is 56.4 Å². The maximum atomic E-state index is 12.7. The molecule has 1 aromatic rings. The van der Waals surface area contributed by atoms with Crippen LogP contribution in [-0.4, -0.2) is 50.1 Å². The van der Waals surface area contributed by atoms with E-state index in [4.69, 9.17) is 4.74 Å². The number of ether oxygens (including phenoxy) is 1. The molecule has 0 bridgehead atoms. The van der Waals surface area contributed by atoms with Crippen LogP contribution >= 0.6 is 0 Å². The fourth-order valence-corrected chi connectivity index (χ4v) is 4.33. The molecule has 0 fully saturated rings. The molecule has 1 aromatic carbocycles. The molecule has 0 atom stereocenters. The van der Waals surface area contributed by atoms with Crippen LogP contribution in [0.1, 0.15) is 62.7 Å². The van der Waals surface area contributed by atoms with Gasteiger partial charge < -0.3 is 9.57 Å². The quantitative estimate of drug-likeness (QED) is 0.181. The molecular formula is C19H30N2O7S. The average Bonchev–Trinajstić information content (AvgIpc) is 2.69. The van der Waals surface area contributed by atoms with Gasteiger partial charge in [-0.3, -0.25) is 0 Å². The van der Waals surface area contributed by atoms with E-state index < -0.39 is 21.1 Å². The van der Waals surface area contributed by atoms with Gasteiger partial charge in [0.15, 0.2) is 0 Å². The fourth-order valence-electron chi connectivity index (χ4n) is 2.71. The van der Waals surface area contributed by atoms with Crippen molar-refractivity contribution in [2.45, 2.75) is 57.3 Å². The molecule has 0 amide bonds. The molecule has 0 N–H and O–H groups in total. The molecule has 0 radical (unpaired) electrons. The number of esters is 1. The predicted octanol–water partition coefficient (Wildman–Crippen LogP) is 3.42. The predicted molar refractivity (Wildman–Crippen MR) is 107 cm³/mol. The molecule has 0 heterocycles. The van der Waals surface area contributed by atoms with Gasteiger partial charge in [0, 0.05) is 13.1 Å². The summed E-state index contributed by atoms with van der Waals surface area (Å²) in [7, 11) is -3.58. The summed E-state index contributed by atoms with van der Waals surface area (Å²) in [5.41, 5.74) is 0.292. The lowest BCUT2D eigenvalue weighted by Crippen LogP contribution is -2.32. The summed E-state index contributed by atoms with van der Waals surface area (Å²) in [6, 6.07) is 5.78. The van der Waals surface area contributed by atoms with Crippen molar-refractivity contribution in [2.75, 3.05) is 26.3 Å². The Morgan fingerprint density at radius 1 is 1.00 bits per heavy atom. The van der Waals surface area contributed by atoms with Crippen LogP contribution in [0.5, 0.6) is 0 Å². The van der Waals surface area contributed by atoms with Crippen LogP contribution in [0, 0.1) is 10.1 Å². The third kappa shape index (κ3) is 8.78. The number of carbonyl (C=O) groups excluding carboxylic acids is 1. The van der Waals surface area contributed by atoms with Crippen molar-refractivity contribution >= 4 is 16.0 Å². The van der Waals surface area contributed by atoms with Gasteiger partial charge in [-0.25, -0.2) is 13.2 Å². The summed E-state index contributed by atoms with van der Waals surface area (Å²) in [5.74, 6) is -0.510. The van der Waals surface area contributed by atoms with Gasteiger partial charge in [0.1, 0.15) is 0 Å². The van der Waals surface area contributed by atoms with Gasteiger partial charge in [0.25, 0.3) is 5.09 Å². The summed E-state index contributed by atoms with van der Waals surface area (Å²) in [6.07, 6.45) is 4.16. The Bertz CT molecular complexity index is 729. The highest BCUT2D eigenvalue weighted by Gasteiger charge is 2.23. The Balaban J connectivity index is 2.48. The Hall–Kier alpha value is -2.20. The standard InChI is InChI=1S/C19H30N2O7S/c1-3-13-20(14-4-2)29(25,26)18-11-9-17(10-12-18)19(22)27-15-7-5-6-8-16-28-21(23)24/h9-12H,3-8,13-16H2,1-2H3. The van der Waals surface area contributed by atoms with E-state index in [2.05, 4.69) is 4.84 Å². The van der Waals surface area contributed by atoms with Crippen molar-refractivity contribution in [3.8, 4) is 0 Å². The number of sulfonamides is 1. The van der Waals surface area contributed by atoms with E-state index in [-0.39, 0.29) is 18.1 Å². The minimum atomic E-state index is -3.58. The number of nitrogens with zero attached hydrogens (tertiary/aromatic N) is 2. The first-order chi connectivity index (χ1) is 13.8. The van der Waals surface area contributed by atoms with Gasteiger partial charge in [0.2, 0.25) is 10.0 Å². The van der Waals surface area contributed by atoms with Crippen LogP contribution in [0.3, 0.4) is 0 Å². The smallest absolute Gasteiger partial charge is 0.338 e. The Morgan fingerprint density at radius 2 is 1.55 bits per heavy atom. The summed E-state index contributed by atoms with van der Waals surface area (Å²) in [4.78, 5) is 26.5. The second-order valence-corrected chi connectivity index (χ2v) is 8.47. The number of hydrogen-bond acceptors (Lipinski definition) is 7. The molecule has 0 aliphatic heterocycles. The first-order valence-corrected chi connectivity index (χ1v) is 11.3. The van der Waals surface area contributed by atoms with Crippen molar-refractivity contribution in [3.05, 3.63) is 39.9 Å². The van der Waals surface area contributed by atoms with Crippen LogP contribution in [0.25, 0.3) is 0 Å². The number of carbonyl (C=O) groups is 1. The van der Waals surface area contributed by atoms with E-state index in [1.807, 2.05) is 13.8 Å². The number of benzene rings is 1. The minimum Gasteiger partial charge on any atom is -0.462 e. The Labute approximate surface area is 172 Å². The van der Waals surface area contributed by atoms with Gasteiger partial charge in [-0.1, -0.05) is 20.3 Å². The highest BCUT2D eigenvalue weighted by Crippen LogP contribution is 2.18. The Morgan fingerprint density at radius 3 is 2.07 bits per heavy atom. The van der Waals surface area contributed by atoms with E-state index in [0.717, 1.165) is 25.7 Å². The molecule has 0 aliphatic carbocycles. The van der Waals surface area contributed by atoms with Crippen molar-refractivity contribution in [1.29, 1.82) is 0 Å². The lowest BCUT2D eigenvalue weighted by atomic mass is 10.2. The van der Waals surface area contributed by atoms with Crippen LogP contribution in [0.4, 0.5) is 0 Å². The van der Waals surface area contributed by atoms with E-state index >= 15 is 0 Å². The molecule has 9 nitrogen and oxygen atoms in total. The van der Waals surface area contributed by atoms with Gasteiger partial charge >= 0.3 is 5.97 Å². The molecule has 164 valence electrons. The first-order valence-electron chi connectivity index (χ1n) is 9.87. The van der Waals surface area contributed by atoms with Crippen molar-refractivity contribution in [1.82, 2.24) is 4.31 Å². The molecule has 0 aromatic heterocycles. The summed E-state index contributed by atoms with van der Waals surface area (Å²) < 4.78 is 32.1. The summed E-state index contributed by atoms with van der Waals surface area (Å²) in [6.45, 7) is 5.07. The van der Waals surface area contributed by atoms with Crippen LogP contribution in [0.15, 0.2) is 29.2 Å². The lowest BCUT2D eigenvalue weighted by molar-refractivity contribution is -0.757. The third-order valence-corrected chi connectivity index (χ3v) is 6.06. The highest BCUT2D eigenvalue weighted by atomic mass is 32.2. The summed E-state index contributed by atoms with van der Waals surface area (Å²) >= 11 is 0. The minimum absolute atomic E-state index is 0.0655. The molecule has 0 saturated heterocycles. The lowest BCUT2D eigenvalue weighted by Gasteiger charge is -2.21. The molecule has 10 heteroatoms. The summed E-state index contributed by atoms with van der Waals surface area (Å²) in [5, 5.41) is 9.19. The maximum absolute atomic E-state index is 12.7. The SMILES string of the molecule is CCCN(CCC)S(=O)(=O)c1ccc(C(=O)OCCCCCCO[N+](=O)[O-])cc1. The first kappa shape index (κ1) is 24.8. The van der Waals surface area contributed by atoms with Gasteiger partial charge in [-0.2, -0.15) is 4.31 Å². The topological polar surface area (TPSA) is 116 Å². The van der Waals surface area contributed by atoms with Crippen LogP contribution in [-0.2, 0) is 19.6 Å². The zero-order chi connectivity index (χ0) is 21.7. The molecule has 0 unspecified atom stereocenters. The van der Waals surface area contributed by atoms with E-state index in [0.29, 0.717) is 31.5 Å². The fraction of sp³-hybridized carbons (Fsp3) is 0.632. The number of hydrogen-bond donors (Lipinski definition) is 0. The molecule has 0 spiro atoms. The normalized spacial score (nSPS) is 11.4. The molecule has 29 heavy (non-hydrogen) atoms. The largest absolute Gasteiger partial charge is 0.462 e. The maximum Gasteiger partial charge on any atom is 0.338 e. The molecular weight excluding hydrogens is 400 g/mol. The van der Waals surface area contributed by atoms with Crippen LogP contribution < -0.4 is 0 Å². The Kier molecular flexibility index (Phi) is 11.2. The zero-order valence-corrected chi connectivity index (χ0v) is 17.9. The third-order valence-electron chi connectivity index (χ3n) is 4.14. The van der Waals surface area contributed by atoms with Gasteiger partial charge in [-0.15, -0.1) is 10.1 Å². The highest BCUT2D eigenvalue weighted by molar-refractivity contribution is 7.89. The van der Waals surface area contributed by atoms with Crippen molar-refractivity contribution < 1.29 is 27.9 Å².